The van der Waals surface area contributed by atoms with Crippen LogP contribution in [0.25, 0.3) is 0 Å². The van der Waals surface area contributed by atoms with E-state index in [2.05, 4.69) is 11.3 Å². The summed E-state index contributed by atoms with van der Waals surface area (Å²) in [5.74, 6) is 0. The first-order chi connectivity index (χ1) is 6.97. The molecule has 0 aliphatic rings. The predicted molar refractivity (Wildman–Crippen MR) is 57.6 cm³/mol. The number of hydrogen-bond acceptors (Lipinski definition) is 4. The lowest BCUT2D eigenvalue weighted by molar-refractivity contribution is 0.178. The van der Waals surface area contributed by atoms with Gasteiger partial charge < -0.3 is 4.74 Å². The van der Waals surface area contributed by atoms with E-state index >= 15 is 0 Å². The van der Waals surface area contributed by atoms with Crippen molar-refractivity contribution >= 4 is 16.1 Å². The fourth-order valence-electron chi connectivity index (χ4n) is 0.669. The Labute approximate surface area is 89.2 Å². The average Bonchev–Trinajstić information content (AvgIpc) is 2.17. The first kappa shape index (κ1) is 13.4. The van der Waals surface area contributed by atoms with Crippen LogP contribution >= 0.6 is 0 Å². The van der Waals surface area contributed by atoms with Gasteiger partial charge in [0.1, 0.15) is 0 Å². The van der Waals surface area contributed by atoms with Crippen LogP contribution in [0.15, 0.2) is 35.8 Å². The summed E-state index contributed by atoms with van der Waals surface area (Å²) in [6.07, 6.45) is 4.58. The van der Waals surface area contributed by atoms with Crippen molar-refractivity contribution in [3.63, 3.8) is 0 Å². The van der Waals surface area contributed by atoms with Gasteiger partial charge >= 0.3 is 6.09 Å². The summed E-state index contributed by atoms with van der Waals surface area (Å²) in [5.41, 5.74) is 0. The maximum Gasteiger partial charge on any atom is 0.420 e. The van der Waals surface area contributed by atoms with Crippen molar-refractivity contribution in [3.8, 4) is 0 Å². The second-order valence-electron chi connectivity index (χ2n) is 2.40. The molecular formula is C9H13NO4S. The van der Waals surface area contributed by atoms with Crippen molar-refractivity contribution in [1.82, 2.24) is 4.72 Å². The van der Waals surface area contributed by atoms with Crippen LogP contribution < -0.4 is 4.72 Å². The first-order valence-electron chi connectivity index (χ1n) is 4.04. The standard InChI is InChI=1S/C9H13NO4S/c1-4-6-7-8(5-2)15(12,13)10-9(11)14-3/h4-7H,2H2,1,3H3,(H,10,11)/b6-4-,8-7+. The number of nitrogens with one attached hydrogen (secondary N) is 1. The van der Waals surface area contributed by atoms with Crippen LogP contribution in [-0.4, -0.2) is 21.6 Å². The highest BCUT2D eigenvalue weighted by molar-refractivity contribution is 7.94. The smallest absolute Gasteiger partial charge is 0.420 e. The number of sulfonamides is 1. The van der Waals surface area contributed by atoms with E-state index in [1.54, 1.807) is 17.7 Å². The van der Waals surface area contributed by atoms with Crippen LogP contribution in [0.3, 0.4) is 0 Å². The second-order valence-corrected chi connectivity index (χ2v) is 4.08. The van der Waals surface area contributed by atoms with Crippen LogP contribution in [0.5, 0.6) is 0 Å². The van der Waals surface area contributed by atoms with Crippen molar-refractivity contribution in [3.05, 3.63) is 35.8 Å². The van der Waals surface area contributed by atoms with E-state index in [1.807, 2.05) is 0 Å². The van der Waals surface area contributed by atoms with Gasteiger partial charge in [-0.3, -0.25) is 0 Å². The molecule has 0 saturated carbocycles. The highest BCUT2D eigenvalue weighted by Gasteiger charge is 2.17. The quantitative estimate of drug-likeness (QED) is 0.740. The normalized spacial score (nSPS) is 12.5. The monoisotopic (exact) mass is 231 g/mol. The van der Waals surface area contributed by atoms with Gasteiger partial charge in [-0.25, -0.2) is 17.9 Å². The van der Waals surface area contributed by atoms with E-state index < -0.39 is 16.1 Å². The average molecular weight is 231 g/mol. The molecule has 5 nitrogen and oxygen atoms in total. The highest BCUT2D eigenvalue weighted by Crippen LogP contribution is 2.05. The largest absolute Gasteiger partial charge is 0.452 e. The molecule has 0 saturated heterocycles. The molecule has 1 N–H and O–H groups in total. The maximum absolute atomic E-state index is 11.5. The summed E-state index contributed by atoms with van der Waals surface area (Å²) < 4.78 is 28.8. The minimum atomic E-state index is -3.89. The molecule has 0 aromatic heterocycles. The Morgan fingerprint density at radius 2 is 2.07 bits per heavy atom. The molecule has 84 valence electrons. The van der Waals surface area contributed by atoms with Crippen molar-refractivity contribution in [2.75, 3.05) is 7.11 Å². The Hall–Kier alpha value is -1.56. The lowest BCUT2D eigenvalue weighted by atomic mass is 10.4. The van der Waals surface area contributed by atoms with E-state index in [0.717, 1.165) is 13.2 Å². The van der Waals surface area contributed by atoms with Crippen LogP contribution in [0, 0.1) is 0 Å². The number of carbonyl (C=O) groups is 1. The summed E-state index contributed by atoms with van der Waals surface area (Å²) in [6.45, 7) is 5.07. The van der Waals surface area contributed by atoms with Gasteiger partial charge in [-0.1, -0.05) is 18.7 Å². The third kappa shape index (κ3) is 4.46. The molecular weight excluding hydrogens is 218 g/mol. The van der Waals surface area contributed by atoms with E-state index in [0.29, 0.717) is 0 Å². The Kier molecular flexibility index (Phi) is 5.40. The third-order valence-corrected chi connectivity index (χ3v) is 2.73. The highest BCUT2D eigenvalue weighted by atomic mass is 32.2. The summed E-state index contributed by atoms with van der Waals surface area (Å²) in [5, 5.41) is 0. The molecule has 0 heterocycles. The Balaban J connectivity index is 4.99. The van der Waals surface area contributed by atoms with Gasteiger partial charge in [0.15, 0.2) is 0 Å². The van der Waals surface area contributed by atoms with Crippen molar-refractivity contribution < 1.29 is 17.9 Å². The van der Waals surface area contributed by atoms with Crippen LogP contribution in [0.4, 0.5) is 4.79 Å². The molecule has 0 aliphatic carbocycles. The van der Waals surface area contributed by atoms with Crippen LogP contribution in [0.1, 0.15) is 6.92 Å². The number of allylic oxidation sites excluding steroid dienone is 4. The van der Waals surface area contributed by atoms with Gasteiger partial charge in [0.05, 0.1) is 12.0 Å². The molecule has 0 fully saturated rings. The molecule has 0 spiro atoms. The van der Waals surface area contributed by atoms with E-state index in [-0.39, 0.29) is 4.91 Å². The Bertz CT molecular complexity index is 392. The van der Waals surface area contributed by atoms with Gasteiger partial charge in [-0.15, -0.1) is 0 Å². The molecule has 0 aliphatic heterocycles. The van der Waals surface area contributed by atoms with Gasteiger partial charge in [-0.05, 0) is 19.1 Å². The molecule has 0 aromatic carbocycles. The summed E-state index contributed by atoms with van der Waals surface area (Å²) in [6, 6.07) is 0. The Morgan fingerprint density at radius 1 is 1.47 bits per heavy atom. The molecule has 0 unspecified atom stereocenters. The molecule has 0 bridgehead atoms. The van der Waals surface area contributed by atoms with Crippen LogP contribution in [-0.2, 0) is 14.8 Å². The zero-order valence-electron chi connectivity index (χ0n) is 8.56. The molecule has 0 rings (SSSR count). The number of methoxy groups -OCH3 is 1. The van der Waals surface area contributed by atoms with Crippen LogP contribution in [0.2, 0.25) is 0 Å². The van der Waals surface area contributed by atoms with Gasteiger partial charge in [0, 0.05) is 0 Å². The lowest BCUT2D eigenvalue weighted by Gasteiger charge is -2.05. The minimum absolute atomic E-state index is 0.106. The molecule has 1 amide bonds. The minimum Gasteiger partial charge on any atom is -0.452 e. The summed E-state index contributed by atoms with van der Waals surface area (Å²) in [7, 11) is -2.81. The zero-order chi connectivity index (χ0) is 11.9. The van der Waals surface area contributed by atoms with Crippen molar-refractivity contribution in [2.45, 2.75) is 6.92 Å². The summed E-state index contributed by atoms with van der Waals surface area (Å²) in [4.78, 5) is 10.6. The van der Waals surface area contributed by atoms with E-state index in [1.165, 1.54) is 12.2 Å². The molecule has 6 heteroatoms. The molecule has 0 atom stereocenters. The SMILES string of the molecule is C=C/C(=C\C=C/C)S(=O)(=O)NC(=O)OC. The number of carbonyl (C=O) groups excluding carboxylic acids is 1. The molecule has 0 radical (unpaired) electrons. The lowest BCUT2D eigenvalue weighted by Crippen LogP contribution is -2.30. The molecule has 0 aromatic rings. The zero-order valence-corrected chi connectivity index (χ0v) is 9.37. The Morgan fingerprint density at radius 3 is 2.47 bits per heavy atom. The fourth-order valence-corrected chi connectivity index (χ4v) is 1.57. The fraction of sp³-hybridized carbons (Fsp3) is 0.222. The second kappa shape index (κ2) is 6.02. The van der Waals surface area contributed by atoms with Gasteiger partial charge in [0.25, 0.3) is 10.0 Å². The van der Waals surface area contributed by atoms with Crippen molar-refractivity contribution in [2.24, 2.45) is 0 Å². The topological polar surface area (TPSA) is 72.5 Å². The predicted octanol–water partition coefficient (Wildman–Crippen LogP) is 1.32. The van der Waals surface area contributed by atoms with E-state index in [4.69, 9.17) is 0 Å². The van der Waals surface area contributed by atoms with E-state index in [9.17, 15) is 13.2 Å². The van der Waals surface area contributed by atoms with Gasteiger partial charge in [0.2, 0.25) is 0 Å². The number of rotatable bonds is 4. The number of ether oxygens (including phenoxy) is 1. The first-order valence-corrected chi connectivity index (χ1v) is 5.52. The number of hydrogen-bond donors (Lipinski definition) is 1. The van der Waals surface area contributed by atoms with Gasteiger partial charge in [-0.2, -0.15) is 0 Å². The van der Waals surface area contributed by atoms with Crippen molar-refractivity contribution in [1.29, 1.82) is 0 Å². The third-order valence-electron chi connectivity index (χ3n) is 1.37. The maximum atomic E-state index is 11.5. The number of amides is 1. The molecule has 15 heavy (non-hydrogen) atoms. The summed E-state index contributed by atoms with van der Waals surface area (Å²) >= 11 is 0.